The predicted molar refractivity (Wildman–Crippen MR) is 94.2 cm³/mol. The topological polar surface area (TPSA) is 65.0 Å². The molecule has 134 valence electrons. The third kappa shape index (κ3) is 5.94. The lowest BCUT2D eigenvalue weighted by Crippen LogP contribution is -2.50. The van der Waals surface area contributed by atoms with Gasteiger partial charge in [-0.3, -0.25) is 4.90 Å². The van der Waals surface area contributed by atoms with Gasteiger partial charge in [0.05, 0.1) is 19.8 Å². The molecular formula is C17H26ClN3O3. The van der Waals surface area contributed by atoms with Crippen LogP contribution in [0.15, 0.2) is 24.3 Å². The number of aliphatic hydroxyl groups is 1. The van der Waals surface area contributed by atoms with Gasteiger partial charge in [0.2, 0.25) is 0 Å². The summed E-state index contributed by atoms with van der Waals surface area (Å²) in [5.41, 5.74) is 0.864. The summed E-state index contributed by atoms with van der Waals surface area (Å²) in [6.07, 6.45) is 0. The van der Waals surface area contributed by atoms with Crippen molar-refractivity contribution in [3.05, 3.63) is 34.9 Å². The minimum Gasteiger partial charge on any atom is -0.395 e. The first kappa shape index (κ1) is 19.0. The molecule has 1 aromatic carbocycles. The number of aliphatic hydroxyl groups excluding tert-OH is 1. The number of hydrogen-bond acceptors (Lipinski definition) is 4. The van der Waals surface area contributed by atoms with Crippen LogP contribution in [0.25, 0.3) is 0 Å². The highest BCUT2D eigenvalue weighted by Gasteiger charge is 2.19. The molecule has 2 rings (SSSR count). The van der Waals surface area contributed by atoms with Crippen LogP contribution >= 0.6 is 11.6 Å². The Morgan fingerprint density at radius 3 is 2.79 bits per heavy atom. The van der Waals surface area contributed by atoms with E-state index < -0.39 is 0 Å². The number of hydrogen-bond donors (Lipinski definition) is 2. The zero-order valence-corrected chi connectivity index (χ0v) is 14.8. The molecule has 0 spiro atoms. The van der Waals surface area contributed by atoms with Crippen molar-refractivity contribution in [3.8, 4) is 0 Å². The van der Waals surface area contributed by atoms with Crippen molar-refractivity contribution in [2.75, 3.05) is 46.0 Å². The molecule has 0 radical (unpaired) electrons. The molecule has 1 aliphatic rings. The van der Waals surface area contributed by atoms with Crippen molar-refractivity contribution in [1.29, 1.82) is 0 Å². The highest BCUT2D eigenvalue weighted by molar-refractivity contribution is 6.31. The number of urea groups is 1. The van der Waals surface area contributed by atoms with E-state index in [9.17, 15) is 9.90 Å². The quantitative estimate of drug-likeness (QED) is 0.779. The number of carbonyl (C=O) groups excluding carboxylic acids is 1. The van der Waals surface area contributed by atoms with Gasteiger partial charge in [-0.25, -0.2) is 4.79 Å². The third-order valence-corrected chi connectivity index (χ3v) is 4.35. The van der Waals surface area contributed by atoms with Crippen LogP contribution in [0.4, 0.5) is 4.79 Å². The highest BCUT2D eigenvalue weighted by atomic mass is 35.5. The zero-order valence-electron chi connectivity index (χ0n) is 14.1. The van der Waals surface area contributed by atoms with Crippen LogP contribution in [0.3, 0.4) is 0 Å². The van der Waals surface area contributed by atoms with Gasteiger partial charge in [0, 0.05) is 43.8 Å². The number of morpholine rings is 1. The number of nitrogens with zero attached hydrogens (tertiary/aromatic N) is 2. The van der Waals surface area contributed by atoms with E-state index in [4.69, 9.17) is 16.3 Å². The van der Waals surface area contributed by atoms with Gasteiger partial charge >= 0.3 is 6.03 Å². The largest absolute Gasteiger partial charge is 0.395 e. The Kier molecular flexibility index (Phi) is 7.78. The number of halogens is 1. The molecule has 2 amide bonds. The summed E-state index contributed by atoms with van der Waals surface area (Å²) in [5.74, 6) is 0. The fourth-order valence-electron chi connectivity index (χ4n) is 2.72. The standard InChI is InChI=1S/C17H26ClN3O3/c1-14(12-20-7-10-24-11-8-20)19-17(23)21(6-9-22)13-15-4-2-3-5-16(15)18/h2-5,14,22H,6-13H2,1H3,(H,19,23). The van der Waals surface area contributed by atoms with Gasteiger partial charge in [-0.15, -0.1) is 0 Å². The van der Waals surface area contributed by atoms with Gasteiger partial charge in [-0.2, -0.15) is 0 Å². The number of carbonyl (C=O) groups is 1. The highest BCUT2D eigenvalue weighted by Crippen LogP contribution is 2.17. The Morgan fingerprint density at radius 1 is 1.42 bits per heavy atom. The molecule has 0 aromatic heterocycles. The molecule has 1 aromatic rings. The van der Waals surface area contributed by atoms with Crippen LogP contribution in [0.5, 0.6) is 0 Å². The van der Waals surface area contributed by atoms with Crippen molar-refractivity contribution < 1.29 is 14.6 Å². The van der Waals surface area contributed by atoms with Crippen LogP contribution < -0.4 is 5.32 Å². The van der Waals surface area contributed by atoms with Gasteiger partial charge < -0.3 is 20.1 Å². The maximum absolute atomic E-state index is 12.5. The number of nitrogens with one attached hydrogen (secondary N) is 1. The fraction of sp³-hybridized carbons (Fsp3) is 0.588. The van der Waals surface area contributed by atoms with E-state index >= 15 is 0 Å². The number of rotatable bonds is 7. The lowest BCUT2D eigenvalue weighted by molar-refractivity contribution is 0.0346. The molecule has 2 N–H and O–H groups in total. The van der Waals surface area contributed by atoms with Gasteiger partial charge in [0.15, 0.2) is 0 Å². The Bertz CT molecular complexity index is 524. The summed E-state index contributed by atoms with van der Waals surface area (Å²) in [6.45, 7) is 6.58. The molecule has 0 bridgehead atoms. The molecule has 1 heterocycles. The van der Waals surface area contributed by atoms with Crippen molar-refractivity contribution in [1.82, 2.24) is 15.1 Å². The number of ether oxygens (including phenoxy) is 1. The molecule has 1 saturated heterocycles. The van der Waals surface area contributed by atoms with Gasteiger partial charge in [-0.1, -0.05) is 29.8 Å². The SMILES string of the molecule is CC(CN1CCOCC1)NC(=O)N(CCO)Cc1ccccc1Cl. The van der Waals surface area contributed by atoms with E-state index in [-0.39, 0.29) is 25.2 Å². The zero-order chi connectivity index (χ0) is 17.4. The lowest BCUT2D eigenvalue weighted by Gasteiger charge is -2.31. The molecule has 0 aliphatic carbocycles. The van der Waals surface area contributed by atoms with E-state index in [1.54, 1.807) is 11.0 Å². The fourth-order valence-corrected chi connectivity index (χ4v) is 2.92. The first-order chi connectivity index (χ1) is 11.6. The van der Waals surface area contributed by atoms with Crippen LogP contribution in [-0.4, -0.2) is 73.0 Å². The summed E-state index contributed by atoms with van der Waals surface area (Å²) in [7, 11) is 0. The molecule has 1 fully saturated rings. The predicted octanol–water partition coefficient (Wildman–Crippen LogP) is 1.56. The van der Waals surface area contributed by atoms with Crippen LogP contribution in [-0.2, 0) is 11.3 Å². The van der Waals surface area contributed by atoms with E-state index in [2.05, 4.69) is 10.2 Å². The Balaban J connectivity index is 1.89. The molecule has 7 heteroatoms. The summed E-state index contributed by atoms with van der Waals surface area (Å²) in [6, 6.07) is 7.25. The van der Waals surface area contributed by atoms with Crippen LogP contribution in [0, 0.1) is 0 Å². The molecule has 6 nitrogen and oxygen atoms in total. The smallest absolute Gasteiger partial charge is 0.318 e. The average Bonchev–Trinajstić information content (AvgIpc) is 2.57. The van der Waals surface area contributed by atoms with Crippen LogP contribution in [0.2, 0.25) is 5.02 Å². The molecule has 24 heavy (non-hydrogen) atoms. The minimum atomic E-state index is -0.190. The van der Waals surface area contributed by atoms with E-state index in [0.29, 0.717) is 11.6 Å². The second kappa shape index (κ2) is 9.84. The lowest BCUT2D eigenvalue weighted by atomic mass is 10.2. The third-order valence-electron chi connectivity index (χ3n) is 3.98. The monoisotopic (exact) mass is 355 g/mol. The minimum absolute atomic E-state index is 0.0167. The summed E-state index contributed by atoms with van der Waals surface area (Å²) in [5, 5.41) is 12.9. The first-order valence-corrected chi connectivity index (χ1v) is 8.67. The van der Waals surface area contributed by atoms with E-state index in [1.165, 1.54) is 0 Å². The first-order valence-electron chi connectivity index (χ1n) is 8.30. The van der Waals surface area contributed by atoms with E-state index in [0.717, 1.165) is 38.4 Å². The van der Waals surface area contributed by atoms with Crippen LogP contribution in [0.1, 0.15) is 12.5 Å². The Labute approximate surface area is 148 Å². The second-order valence-electron chi connectivity index (χ2n) is 6.00. The van der Waals surface area contributed by atoms with Gasteiger partial charge in [-0.05, 0) is 18.6 Å². The van der Waals surface area contributed by atoms with Crippen molar-refractivity contribution in [3.63, 3.8) is 0 Å². The van der Waals surface area contributed by atoms with Crippen molar-refractivity contribution in [2.24, 2.45) is 0 Å². The van der Waals surface area contributed by atoms with Gasteiger partial charge in [0.25, 0.3) is 0 Å². The maximum Gasteiger partial charge on any atom is 0.318 e. The normalized spacial score (nSPS) is 16.6. The molecule has 1 atom stereocenters. The van der Waals surface area contributed by atoms with Gasteiger partial charge in [0.1, 0.15) is 0 Å². The van der Waals surface area contributed by atoms with Crippen molar-refractivity contribution >= 4 is 17.6 Å². The van der Waals surface area contributed by atoms with E-state index in [1.807, 2.05) is 25.1 Å². The Morgan fingerprint density at radius 2 is 2.12 bits per heavy atom. The molecule has 0 saturated carbocycles. The molecular weight excluding hydrogens is 330 g/mol. The molecule has 1 aliphatic heterocycles. The number of amides is 2. The summed E-state index contributed by atoms with van der Waals surface area (Å²) < 4.78 is 5.33. The average molecular weight is 356 g/mol. The second-order valence-corrected chi connectivity index (χ2v) is 6.41. The maximum atomic E-state index is 12.5. The molecule has 1 unspecified atom stereocenters. The summed E-state index contributed by atoms with van der Waals surface area (Å²) >= 11 is 6.17. The van der Waals surface area contributed by atoms with Crippen molar-refractivity contribution in [2.45, 2.75) is 19.5 Å². The number of benzene rings is 1. The Hall–Kier alpha value is -1.34. The summed E-state index contributed by atoms with van der Waals surface area (Å²) in [4.78, 5) is 16.4.